The number of carbonyl (C=O) groups is 1. The molecule has 0 aliphatic carbocycles. The molecule has 0 aromatic carbocycles. The summed E-state index contributed by atoms with van der Waals surface area (Å²) in [6.07, 6.45) is -0.433. The number of rotatable bonds is 5. The second kappa shape index (κ2) is 8.50. The Labute approximate surface area is 150 Å². The minimum Gasteiger partial charge on any atom is -0.437 e. The van der Waals surface area contributed by atoms with Gasteiger partial charge in [0.2, 0.25) is 7.85 Å². The Bertz CT molecular complexity index is 430. The zero-order valence-electron chi connectivity index (χ0n) is 16.2. The highest BCUT2D eigenvalue weighted by Crippen LogP contribution is 2.21. The zero-order chi connectivity index (χ0) is 18.7. The molecule has 1 heterocycles. The number of nitrogens with zero attached hydrogens (tertiary/aromatic N) is 2. The third-order valence-corrected chi connectivity index (χ3v) is 5.76. The van der Waals surface area contributed by atoms with Crippen LogP contribution in [-0.4, -0.2) is 90.5 Å². The van der Waals surface area contributed by atoms with Crippen LogP contribution in [0, 0.1) is 0 Å². The van der Waals surface area contributed by atoms with E-state index in [-0.39, 0.29) is 12.2 Å². The number of carbonyl (C=O) groups excluding carboxylic acids is 1. The van der Waals surface area contributed by atoms with Crippen LogP contribution in [0.25, 0.3) is 0 Å². The quantitative estimate of drug-likeness (QED) is 0.743. The van der Waals surface area contributed by atoms with Crippen LogP contribution in [0.4, 0.5) is 4.79 Å². The molecule has 1 fully saturated rings. The average Bonchev–Trinajstić information content (AvgIpc) is 2.33. The molecule has 0 spiro atoms. The molecule has 1 N–H and O–H groups in total. The molecule has 10 heteroatoms. The Kier molecular flexibility index (Phi) is 7.77. The van der Waals surface area contributed by atoms with Crippen LogP contribution in [0.2, 0.25) is 46.1 Å². The first-order valence-corrected chi connectivity index (χ1v) is 15.4. The van der Waals surface area contributed by atoms with Crippen molar-refractivity contribution in [3.8, 4) is 0 Å². The molecule has 0 saturated carbocycles. The van der Waals surface area contributed by atoms with Gasteiger partial charge in [-0.25, -0.2) is 0 Å². The van der Waals surface area contributed by atoms with Gasteiger partial charge < -0.3 is 23.6 Å². The fourth-order valence-electron chi connectivity index (χ4n) is 2.79. The van der Waals surface area contributed by atoms with E-state index in [1.165, 1.54) is 0 Å². The predicted molar refractivity (Wildman–Crippen MR) is 105 cm³/mol. The van der Waals surface area contributed by atoms with Gasteiger partial charge >= 0.3 is 7.05 Å². The molecule has 2 radical (unpaired) electrons. The lowest BCUT2D eigenvalue weighted by Gasteiger charge is -2.43. The van der Waals surface area contributed by atoms with Crippen molar-refractivity contribution >= 4 is 37.3 Å². The van der Waals surface area contributed by atoms with Gasteiger partial charge in [0.15, 0.2) is 22.4 Å². The van der Waals surface area contributed by atoms with Gasteiger partial charge in [0.1, 0.15) is 0 Å². The fraction of sp³-hybridized carbons (Fsp3) is 0.929. The molecule has 2 atom stereocenters. The summed E-state index contributed by atoms with van der Waals surface area (Å²) in [7, 11) is 1.26. The third-order valence-electron chi connectivity index (χ3n) is 3.74. The standard InChI is InChI=1S/C14H32B2N2O4Si2/c1-16(20)18-9-8-17(14(15)19)10-12(21-23(2,3)4)13(11-18)22-24(5,6)7/h12-13,20H,8-11H2,1-7H3/t12-,13-/m0/s1. The van der Waals surface area contributed by atoms with Crippen LogP contribution in [0.1, 0.15) is 0 Å². The Hall–Kier alpha value is -0.126. The number of hydrogen-bond acceptors (Lipinski definition) is 5. The van der Waals surface area contributed by atoms with E-state index >= 15 is 0 Å². The minimum absolute atomic E-state index is 0.194. The Morgan fingerprint density at radius 3 is 1.88 bits per heavy atom. The summed E-state index contributed by atoms with van der Waals surface area (Å²) in [5.41, 5.74) is 0. The van der Waals surface area contributed by atoms with E-state index in [2.05, 4.69) is 39.3 Å². The molecule has 24 heavy (non-hydrogen) atoms. The van der Waals surface area contributed by atoms with E-state index in [4.69, 9.17) is 16.7 Å². The molecule has 1 aliphatic rings. The van der Waals surface area contributed by atoms with E-state index in [1.54, 1.807) is 11.7 Å². The topological polar surface area (TPSA) is 62.2 Å². The first-order valence-electron chi connectivity index (χ1n) is 8.60. The Morgan fingerprint density at radius 1 is 1.04 bits per heavy atom. The third kappa shape index (κ3) is 7.84. The van der Waals surface area contributed by atoms with Crippen molar-refractivity contribution < 1.29 is 18.7 Å². The van der Waals surface area contributed by atoms with Crippen molar-refractivity contribution in [1.29, 1.82) is 0 Å². The molecule has 6 nitrogen and oxygen atoms in total. The summed E-state index contributed by atoms with van der Waals surface area (Å²) in [6.45, 7) is 16.6. The van der Waals surface area contributed by atoms with Crippen LogP contribution in [0.15, 0.2) is 0 Å². The first kappa shape index (κ1) is 21.9. The molecule has 0 aromatic heterocycles. The van der Waals surface area contributed by atoms with Crippen LogP contribution < -0.4 is 0 Å². The molecule has 1 rings (SSSR count). The van der Waals surface area contributed by atoms with Crippen LogP contribution in [-0.2, 0) is 8.85 Å². The summed E-state index contributed by atoms with van der Waals surface area (Å²) in [5.74, 6) is -0.460. The maximum absolute atomic E-state index is 11.8. The Balaban J connectivity index is 3.12. The van der Waals surface area contributed by atoms with E-state index in [0.717, 1.165) is 0 Å². The molecule has 0 unspecified atom stereocenters. The van der Waals surface area contributed by atoms with Gasteiger partial charge in [0, 0.05) is 26.2 Å². The van der Waals surface area contributed by atoms with Gasteiger partial charge in [0.05, 0.1) is 12.2 Å². The van der Waals surface area contributed by atoms with E-state index in [9.17, 15) is 9.82 Å². The van der Waals surface area contributed by atoms with Crippen molar-refractivity contribution in [3.63, 3.8) is 0 Å². The van der Waals surface area contributed by atoms with Crippen molar-refractivity contribution in [2.24, 2.45) is 0 Å². The molecule has 0 aromatic rings. The summed E-state index contributed by atoms with van der Waals surface area (Å²) >= 11 is 0. The molecular formula is C14H32B2N2O4Si2. The van der Waals surface area contributed by atoms with E-state index < -0.39 is 29.5 Å². The molecular weight excluding hydrogens is 338 g/mol. The van der Waals surface area contributed by atoms with E-state index in [1.807, 2.05) is 4.81 Å². The number of amides is 1. The minimum atomic E-state index is -1.84. The van der Waals surface area contributed by atoms with Crippen LogP contribution in [0.5, 0.6) is 0 Å². The molecule has 1 saturated heterocycles. The van der Waals surface area contributed by atoms with Crippen molar-refractivity contribution in [2.45, 2.75) is 58.3 Å². The lowest BCUT2D eigenvalue weighted by atomic mass is 9.84. The van der Waals surface area contributed by atoms with E-state index in [0.29, 0.717) is 26.2 Å². The summed E-state index contributed by atoms with van der Waals surface area (Å²) < 4.78 is 12.7. The molecule has 1 amide bonds. The van der Waals surface area contributed by atoms with Gasteiger partial charge in [-0.15, -0.1) is 0 Å². The lowest BCUT2D eigenvalue weighted by Crippen LogP contribution is -2.59. The highest BCUT2D eigenvalue weighted by atomic mass is 28.4. The van der Waals surface area contributed by atoms with Gasteiger partial charge in [-0.3, -0.25) is 4.79 Å². The highest BCUT2D eigenvalue weighted by Gasteiger charge is 2.37. The largest absolute Gasteiger partial charge is 0.437 e. The predicted octanol–water partition coefficient (Wildman–Crippen LogP) is 1.44. The van der Waals surface area contributed by atoms with Gasteiger partial charge in [-0.2, -0.15) is 0 Å². The molecule has 1 aliphatic heterocycles. The first-order chi connectivity index (χ1) is 10.8. The molecule has 136 valence electrons. The Morgan fingerprint density at radius 2 is 1.50 bits per heavy atom. The van der Waals surface area contributed by atoms with Gasteiger partial charge in [-0.1, -0.05) is 0 Å². The maximum Gasteiger partial charge on any atom is 0.376 e. The second-order valence-corrected chi connectivity index (χ2v) is 17.4. The zero-order valence-corrected chi connectivity index (χ0v) is 18.2. The van der Waals surface area contributed by atoms with Crippen LogP contribution >= 0.6 is 0 Å². The number of hydrogen-bond donors (Lipinski definition) is 1. The average molecular weight is 370 g/mol. The second-order valence-electron chi connectivity index (χ2n) is 8.45. The van der Waals surface area contributed by atoms with Crippen molar-refractivity contribution in [1.82, 2.24) is 9.71 Å². The van der Waals surface area contributed by atoms with Crippen molar-refractivity contribution in [3.05, 3.63) is 0 Å². The van der Waals surface area contributed by atoms with Crippen molar-refractivity contribution in [2.75, 3.05) is 26.2 Å². The smallest absolute Gasteiger partial charge is 0.376 e. The lowest BCUT2D eigenvalue weighted by molar-refractivity contribution is 0.00493. The summed E-state index contributed by atoms with van der Waals surface area (Å²) in [6, 6.07) is 0. The highest BCUT2D eigenvalue weighted by molar-refractivity contribution is 6.70. The summed E-state index contributed by atoms with van der Waals surface area (Å²) in [5, 5.41) is 10.1. The van der Waals surface area contributed by atoms with Crippen LogP contribution in [0.3, 0.4) is 0 Å². The molecule has 0 bridgehead atoms. The maximum atomic E-state index is 11.8. The summed E-state index contributed by atoms with van der Waals surface area (Å²) in [4.78, 5) is 15.3. The van der Waals surface area contributed by atoms with Gasteiger partial charge in [0.25, 0.3) is 0 Å². The monoisotopic (exact) mass is 370 g/mol. The fourth-order valence-corrected chi connectivity index (χ4v) is 5.06. The SMILES string of the molecule is [B]C(=O)N1CCN(B(C)O)C[C@H](O[Si](C)(C)C)[C@@H](O[Si](C)(C)C)C1. The normalized spacial score (nSPS) is 24.4. The van der Waals surface area contributed by atoms with Gasteiger partial charge in [-0.05, 0) is 46.1 Å².